The molecule has 1 aromatic carbocycles. The topological polar surface area (TPSA) is 50.5 Å². The maximum atomic E-state index is 12.4. The van der Waals surface area contributed by atoms with Crippen molar-refractivity contribution in [3.05, 3.63) is 62.0 Å². The molecule has 1 aliphatic heterocycles. The van der Waals surface area contributed by atoms with Gasteiger partial charge in [-0.1, -0.05) is 12.1 Å². The molecular formula is C16H12INO3S. The van der Waals surface area contributed by atoms with Crippen LogP contribution in [0.2, 0.25) is 0 Å². The number of benzene rings is 1. The van der Waals surface area contributed by atoms with Crippen LogP contribution in [-0.4, -0.2) is 16.0 Å². The highest BCUT2D eigenvalue weighted by molar-refractivity contribution is 14.1. The van der Waals surface area contributed by atoms with Crippen LogP contribution in [0.1, 0.15) is 17.1 Å². The van der Waals surface area contributed by atoms with Crippen LogP contribution in [0.4, 0.5) is 4.79 Å². The van der Waals surface area contributed by atoms with Crippen LogP contribution >= 0.6 is 34.4 Å². The Balaban J connectivity index is 1.79. The summed E-state index contributed by atoms with van der Waals surface area (Å²) in [6.07, 6.45) is 1.62. The quantitative estimate of drug-likeness (QED) is 0.540. The van der Waals surface area contributed by atoms with Crippen LogP contribution in [0, 0.1) is 10.5 Å². The third-order valence-corrected chi connectivity index (χ3v) is 4.79. The van der Waals surface area contributed by atoms with Gasteiger partial charge >= 0.3 is 0 Å². The molecule has 1 fully saturated rings. The maximum Gasteiger partial charge on any atom is 0.293 e. The number of nitrogens with zero attached hydrogens (tertiary/aromatic N) is 1. The number of aryl methyl sites for hydroxylation is 1. The van der Waals surface area contributed by atoms with Crippen LogP contribution in [0.15, 0.2) is 45.7 Å². The molecule has 22 heavy (non-hydrogen) atoms. The molecule has 1 aliphatic rings. The molecule has 4 nitrogen and oxygen atoms in total. The lowest BCUT2D eigenvalue weighted by molar-refractivity contribution is -0.123. The van der Waals surface area contributed by atoms with Gasteiger partial charge in [0.1, 0.15) is 11.5 Å². The van der Waals surface area contributed by atoms with Crippen molar-refractivity contribution >= 4 is 51.6 Å². The molecule has 0 atom stereocenters. The second kappa shape index (κ2) is 6.29. The number of imide groups is 1. The summed E-state index contributed by atoms with van der Waals surface area (Å²) in [4.78, 5) is 26.1. The molecule has 2 heterocycles. The normalized spacial score (nSPS) is 16.8. The van der Waals surface area contributed by atoms with E-state index in [0.29, 0.717) is 10.7 Å². The monoisotopic (exact) mass is 425 g/mol. The largest absolute Gasteiger partial charge is 0.462 e. The summed E-state index contributed by atoms with van der Waals surface area (Å²) in [5.74, 6) is 1.07. The summed E-state index contributed by atoms with van der Waals surface area (Å²) < 4.78 is 6.54. The molecular weight excluding hydrogens is 413 g/mol. The smallest absolute Gasteiger partial charge is 0.293 e. The van der Waals surface area contributed by atoms with Crippen molar-refractivity contribution in [3.8, 4) is 0 Å². The number of rotatable bonds is 3. The number of carbonyl (C=O) groups excluding carboxylic acids is 2. The molecule has 112 valence electrons. The van der Waals surface area contributed by atoms with Gasteiger partial charge in [-0.25, -0.2) is 0 Å². The molecule has 1 aromatic heterocycles. The van der Waals surface area contributed by atoms with Gasteiger partial charge in [0.2, 0.25) is 0 Å². The van der Waals surface area contributed by atoms with Crippen LogP contribution in [0.3, 0.4) is 0 Å². The summed E-state index contributed by atoms with van der Waals surface area (Å²) in [7, 11) is 0. The van der Waals surface area contributed by atoms with E-state index < -0.39 is 0 Å². The molecule has 6 heteroatoms. The van der Waals surface area contributed by atoms with Crippen molar-refractivity contribution in [2.75, 3.05) is 0 Å². The maximum absolute atomic E-state index is 12.4. The molecule has 0 N–H and O–H groups in total. The molecule has 2 amide bonds. The lowest BCUT2D eigenvalue weighted by Gasteiger charge is -2.12. The molecule has 2 aromatic rings. The van der Waals surface area contributed by atoms with Gasteiger partial charge < -0.3 is 4.42 Å². The SMILES string of the molecule is Cc1ccc(/C=C2/SC(=O)N(Cc3ccc(I)cc3)C2=O)o1. The van der Waals surface area contributed by atoms with E-state index in [-0.39, 0.29) is 17.7 Å². The van der Waals surface area contributed by atoms with Crippen LogP contribution in [0.5, 0.6) is 0 Å². The predicted octanol–water partition coefficient (Wildman–Crippen LogP) is 4.43. The van der Waals surface area contributed by atoms with E-state index in [0.717, 1.165) is 26.7 Å². The van der Waals surface area contributed by atoms with Crippen LogP contribution in [0.25, 0.3) is 6.08 Å². The fourth-order valence-electron chi connectivity index (χ4n) is 2.07. The van der Waals surface area contributed by atoms with Gasteiger partial charge in [-0.2, -0.15) is 0 Å². The van der Waals surface area contributed by atoms with Crippen molar-refractivity contribution in [1.82, 2.24) is 4.90 Å². The molecule has 0 spiro atoms. The van der Waals surface area contributed by atoms with Crippen LogP contribution in [-0.2, 0) is 11.3 Å². The molecule has 3 rings (SSSR count). The highest BCUT2D eigenvalue weighted by atomic mass is 127. The van der Waals surface area contributed by atoms with Gasteiger partial charge in [0, 0.05) is 9.65 Å². The van der Waals surface area contributed by atoms with Gasteiger partial charge in [0.15, 0.2) is 0 Å². The average molecular weight is 425 g/mol. The molecule has 0 bridgehead atoms. The van der Waals surface area contributed by atoms with E-state index in [1.165, 1.54) is 4.90 Å². The van der Waals surface area contributed by atoms with Crippen molar-refractivity contribution in [3.63, 3.8) is 0 Å². The first kappa shape index (κ1) is 15.4. The Morgan fingerprint density at radius 3 is 2.55 bits per heavy atom. The number of furan rings is 1. The summed E-state index contributed by atoms with van der Waals surface area (Å²) in [5, 5.41) is -0.252. The summed E-state index contributed by atoms with van der Waals surface area (Å²) in [6.45, 7) is 2.12. The third kappa shape index (κ3) is 3.27. The number of halogens is 1. The van der Waals surface area contributed by atoms with E-state index >= 15 is 0 Å². The molecule has 0 radical (unpaired) electrons. The minimum atomic E-state index is -0.275. The Hall–Kier alpha value is -1.54. The van der Waals surface area contributed by atoms with Gasteiger partial charge in [-0.15, -0.1) is 0 Å². The summed E-state index contributed by atoms with van der Waals surface area (Å²) in [5.41, 5.74) is 0.929. The van der Waals surface area contributed by atoms with E-state index in [1.54, 1.807) is 12.1 Å². The van der Waals surface area contributed by atoms with Crippen molar-refractivity contribution in [2.45, 2.75) is 13.5 Å². The second-order valence-electron chi connectivity index (χ2n) is 4.84. The minimum absolute atomic E-state index is 0.252. The lowest BCUT2D eigenvalue weighted by Crippen LogP contribution is -2.27. The van der Waals surface area contributed by atoms with Gasteiger partial charge in [0.25, 0.3) is 11.1 Å². The summed E-state index contributed by atoms with van der Waals surface area (Å²) in [6, 6.07) is 11.4. The van der Waals surface area contributed by atoms with E-state index in [9.17, 15) is 9.59 Å². The Labute approximate surface area is 145 Å². The lowest BCUT2D eigenvalue weighted by atomic mass is 10.2. The zero-order valence-corrected chi connectivity index (χ0v) is 14.7. The van der Waals surface area contributed by atoms with Gasteiger partial charge in [0.05, 0.1) is 11.4 Å². The fraction of sp³-hybridized carbons (Fsp3) is 0.125. The van der Waals surface area contributed by atoms with Crippen LogP contribution < -0.4 is 0 Å². The minimum Gasteiger partial charge on any atom is -0.462 e. The number of carbonyl (C=O) groups is 2. The highest BCUT2D eigenvalue weighted by Crippen LogP contribution is 2.33. The van der Waals surface area contributed by atoms with E-state index in [2.05, 4.69) is 22.6 Å². The predicted molar refractivity (Wildman–Crippen MR) is 94.1 cm³/mol. The standard InChI is InChI=1S/C16H12INO3S/c1-10-2-7-13(21-10)8-14-15(19)18(16(20)22-14)9-11-3-5-12(17)6-4-11/h2-8H,9H2,1H3/b14-8+. The Bertz CT molecular complexity index is 764. The van der Waals surface area contributed by atoms with Gasteiger partial charge in [-0.3, -0.25) is 14.5 Å². The number of hydrogen-bond acceptors (Lipinski definition) is 4. The van der Waals surface area contributed by atoms with Crippen molar-refractivity contribution in [1.29, 1.82) is 0 Å². The Morgan fingerprint density at radius 1 is 1.18 bits per heavy atom. The third-order valence-electron chi connectivity index (χ3n) is 3.16. The van der Waals surface area contributed by atoms with E-state index in [4.69, 9.17) is 4.42 Å². The second-order valence-corrected chi connectivity index (χ2v) is 7.08. The Morgan fingerprint density at radius 2 is 1.91 bits per heavy atom. The zero-order chi connectivity index (χ0) is 15.7. The Kier molecular flexibility index (Phi) is 4.39. The summed E-state index contributed by atoms with van der Waals surface area (Å²) >= 11 is 3.16. The zero-order valence-electron chi connectivity index (χ0n) is 11.7. The molecule has 1 saturated heterocycles. The number of amides is 2. The molecule has 0 unspecified atom stereocenters. The average Bonchev–Trinajstić information content (AvgIpc) is 3.00. The van der Waals surface area contributed by atoms with Gasteiger partial charge in [-0.05, 0) is 71.1 Å². The molecule has 0 saturated carbocycles. The highest BCUT2D eigenvalue weighted by Gasteiger charge is 2.35. The first-order chi connectivity index (χ1) is 10.5. The first-order valence-corrected chi connectivity index (χ1v) is 8.49. The fourth-order valence-corrected chi connectivity index (χ4v) is 3.25. The number of thioether (sulfide) groups is 1. The van der Waals surface area contributed by atoms with E-state index in [1.807, 2.05) is 37.3 Å². The van der Waals surface area contributed by atoms with Crippen molar-refractivity contribution < 1.29 is 14.0 Å². The number of hydrogen-bond donors (Lipinski definition) is 0. The molecule has 0 aliphatic carbocycles. The van der Waals surface area contributed by atoms with Crippen molar-refractivity contribution in [2.24, 2.45) is 0 Å². The first-order valence-electron chi connectivity index (χ1n) is 6.59.